The van der Waals surface area contributed by atoms with Gasteiger partial charge in [-0.25, -0.2) is 4.98 Å². The van der Waals surface area contributed by atoms with Gasteiger partial charge >= 0.3 is 0 Å². The number of hydrogen-bond donors (Lipinski definition) is 2. The molecule has 3 N–H and O–H groups in total. The van der Waals surface area contributed by atoms with Gasteiger partial charge in [0.15, 0.2) is 0 Å². The van der Waals surface area contributed by atoms with Gasteiger partial charge in [0.25, 0.3) is 0 Å². The predicted octanol–water partition coefficient (Wildman–Crippen LogP) is 1.74. The van der Waals surface area contributed by atoms with Crippen molar-refractivity contribution in [2.45, 2.75) is 45.2 Å². The molecular weight excluding hydrogens is 252 g/mol. The van der Waals surface area contributed by atoms with Crippen LogP contribution in [0.2, 0.25) is 0 Å². The molecule has 0 saturated heterocycles. The highest BCUT2D eigenvalue weighted by Gasteiger charge is 2.24. The molecule has 0 aliphatic heterocycles. The molecule has 1 aromatic rings. The number of amides is 1. The molecule has 5 nitrogen and oxygen atoms in total. The van der Waals surface area contributed by atoms with Crippen molar-refractivity contribution in [1.82, 2.24) is 9.88 Å². The van der Waals surface area contributed by atoms with Crippen molar-refractivity contribution < 1.29 is 4.79 Å². The van der Waals surface area contributed by atoms with Crippen LogP contribution in [-0.2, 0) is 11.3 Å². The van der Waals surface area contributed by atoms with E-state index in [1.165, 1.54) is 12.8 Å². The summed E-state index contributed by atoms with van der Waals surface area (Å²) in [5, 5.41) is 3.21. The highest BCUT2D eigenvalue weighted by molar-refractivity contribution is 5.75. The zero-order valence-corrected chi connectivity index (χ0v) is 12.1. The summed E-state index contributed by atoms with van der Waals surface area (Å²) in [4.78, 5) is 18.0. The first-order chi connectivity index (χ1) is 9.69. The van der Waals surface area contributed by atoms with E-state index in [0.717, 1.165) is 30.9 Å². The molecule has 20 heavy (non-hydrogen) atoms. The van der Waals surface area contributed by atoms with E-state index >= 15 is 0 Å². The molecule has 0 unspecified atom stereocenters. The molecule has 1 aliphatic carbocycles. The minimum Gasteiger partial charge on any atom is -0.370 e. The van der Waals surface area contributed by atoms with Gasteiger partial charge in [-0.05, 0) is 31.9 Å². The summed E-state index contributed by atoms with van der Waals surface area (Å²) in [7, 11) is 0. The molecule has 1 aromatic heterocycles. The summed E-state index contributed by atoms with van der Waals surface area (Å²) < 4.78 is 0. The second-order valence-electron chi connectivity index (χ2n) is 5.35. The fourth-order valence-electron chi connectivity index (χ4n) is 2.84. The Morgan fingerprint density at radius 1 is 1.45 bits per heavy atom. The van der Waals surface area contributed by atoms with Crippen molar-refractivity contribution in [3.63, 3.8) is 0 Å². The van der Waals surface area contributed by atoms with Crippen molar-refractivity contribution in [2.75, 3.05) is 18.4 Å². The molecule has 0 spiro atoms. The van der Waals surface area contributed by atoms with E-state index in [2.05, 4.69) is 15.2 Å². The number of carbonyl (C=O) groups excluding carboxylic acids is 1. The third kappa shape index (κ3) is 4.20. The zero-order chi connectivity index (χ0) is 14.4. The number of nitrogens with zero attached hydrogens (tertiary/aromatic N) is 2. The van der Waals surface area contributed by atoms with E-state index in [1.807, 2.05) is 25.1 Å². The van der Waals surface area contributed by atoms with Gasteiger partial charge in [0.05, 0.1) is 12.2 Å². The molecule has 1 heterocycles. The Bertz CT molecular complexity index is 443. The van der Waals surface area contributed by atoms with E-state index in [0.29, 0.717) is 19.1 Å². The minimum atomic E-state index is -0.264. The van der Waals surface area contributed by atoms with Gasteiger partial charge in [0, 0.05) is 19.1 Å². The molecule has 1 saturated carbocycles. The van der Waals surface area contributed by atoms with Gasteiger partial charge in [0.2, 0.25) is 5.91 Å². The topological polar surface area (TPSA) is 71.2 Å². The lowest BCUT2D eigenvalue weighted by Gasteiger charge is -2.27. The molecular formula is C15H24N4O. The fraction of sp³-hybridized carbons (Fsp3) is 0.600. The van der Waals surface area contributed by atoms with Gasteiger partial charge in [0.1, 0.15) is 5.82 Å². The summed E-state index contributed by atoms with van der Waals surface area (Å²) in [6, 6.07) is 6.43. The summed E-state index contributed by atoms with van der Waals surface area (Å²) >= 11 is 0. The van der Waals surface area contributed by atoms with Crippen LogP contribution in [-0.4, -0.2) is 34.9 Å². The van der Waals surface area contributed by atoms with Crippen LogP contribution >= 0.6 is 0 Å². The number of anilines is 1. The number of primary amides is 1. The number of carbonyl (C=O) groups is 1. The van der Waals surface area contributed by atoms with E-state index in [9.17, 15) is 4.79 Å². The standard InChI is InChI=1S/C15H24N4O/c1-2-17-15-9-5-6-12(18-15)10-19(11-14(16)20)13-7-3-4-8-13/h5-6,9,13H,2-4,7-8,10-11H2,1H3,(H2,16,20)(H,17,18). The first kappa shape index (κ1) is 14.8. The fourth-order valence-corrected chi connectivity index (χ4v) is 2.84. The van der Waals surface area contributed by atoms with Gasteiger partial charge in [-0.2, -0.15) is 0 Å². The van der Waals surface area contributed by atoms with Gasteiger partial charge in [-0.1, -0.05) is 18.9 Å². The van der Waals surface area contributed by atoms with Crippen LogP contribution < -0.4 is 11.1 Å². The van der Waals surface area contributed by atoms with Crippen molar-refractivity contribution in [3.05, 3.63) is 23.9 Å². The number of rotatable bonds is 7. The van der Waals surface area contributed by atoms with Gasteiger partial charge in [-0.15, -0.1) is 0 Å². The molecule has 0 atom stereocenters. The Hall–Kier alpha value is -1.62. The number of pyridine rings is 1. The number of aromatic nitrogens is 1. The quantitative estimate of drug-likeness (QED) is 0.796. The first-order valence-corrected chi connectivity index (χ1v) is 7.41. The van der Waals surface area contributed by atoms with Crippen molar-refractivity contribution in [1.29, 1.82) is 0 Å². The van der Waals surface area contributed by atoms with Gasteiger partial charge < -0.3 is 11.1 Å². The lowest BCUT2D eigenvalue weighted by molar-refractivity contribution is -0.119. The second kappa shape index (κ2) is 7.24. The smallest absolute Gasteiger partial charge is 0.231 e. The molecule has 0 aromatic carbocycles. The summed E-state index contributed by atoms with van der Waals surface area (Å²) in [5.74, 6) is 0.621. The Kier molecular flexibility index (Phi) is 5.35. The zero-order valence-electron chi connectivity index (χ0n) is 12.1. The third-order valence-electron chi connectivity index (χ3n) is 3.73. The Morgan fingerprint density at radius 3 is 2.85 bits per heavy atom. The van der Waals surface area contributed by atoms with Crippen LogP contribution in [0.1, 0.15) is 38.3 Å². The summed E-state index contributed by atoms with van der Waals surface area (Å²) in [5.41, 5.74) is 6.36. The predicted molar refractivity (Wildman–Crippen MR) is 80.3 cm³/mol. The van der Waals surface area contributed by atoms with E-state index < -0.39 is 0 Å². The van der Waals surface area contributed by atoms with Crippen molar-refractivity contribution >= 4 is 11.7 Å². The minimum absolute atomic E-state index is 0.264. The molecule has 0 bridgehead atoms. The maximum Gasteiger partial charge on any atom is 0.231 e. The van der Waals surface area contributed by atoms with Crippen LogP contribution in [0.15, 0.2) is 18.2 Å². The van der Waals surface area contributed by atoms with Crippen LogP contribution in [0.4, 0.5) is 5.82 Å². The molecule has 1 fully saturated rings. The molecule has 0 radical (unpaired) electrons. The first-order valence-electron chi connectivity index (χ1n) is 7.41. The molecule has 110 valence electrons. The Morgan fingerprint density at radius 2 is 2.20 bits per heavy atom. The van der Waals surface area contributed by atoms with Crippen LogP contribution in [0.5, 0.6) is 0 Å². The maximum atomic E-state index is 11.3. The van der Waals surface area contributed by atoms with Crippen molar-refractivity contribution in [3.8, 4) is 0 Å². The largest absolute Gasteiger partial charge is 0.370 e. The van der Waals surface area contributed by atoms with Crippen LogP contribution in [0.3, 0.4) is 0 Å². The summed E-state index contributed by atoms with van der Waals surface area (Å²) in [6.45, 7) is 3.90. The highest BCUT2D eigenvalue weighted by atomic mass is 16.1. The molecule has 2 rings (SSSR count). The number of hydrogen-bond acceptors (Lipinski definition) is 4. The molecule has 5 heteroatoms. The van der Waals surface area contributed by atoms with Crippen LogP contribution in [0.25, 0.3) is 0 Å². The SMILES string of the molecule is CCNc1cccc(CN(CC(N)=O)C2CCCC2)n1. The lowest BCUT2D eigenvalue weighted by Crippen LogP contribution is -2.39. The van der Waals surface area contributed by atoms with E-state index in [1.54, 1.807) is 0 Å². The third-order valence-corrected chi connectivity index (χ3v) is 3.73. The van der Waals surface area contributed by atoms with E-state index in [-0.39, 0.29) is 5.91 Å². The highest BCUT2D eigenvalue weighted by Crippen LogP contribution is 2.24. The number of nitrogens with two attached hydrogens (primary N) is 1. The Labute approximate surface area is 120 Å². The second-order valence-corrected chi connectivity index (χ2v) is 5.35. The maximum absolute atomic E-state index is 11.3. The normalized spacial score (nSPS) is 15.7. The van der Waals surface area contributed by atoms with Gasteiger partial charge in [-0.3, -0.25) is 9.69 Å². The lowest BCUT2D eigenvalue weighted by atomic mass is 10.2. The average Bonchev–Trinajstić information content (AvgIpc) is 2.92. The monoisotopic (exact) mass is 276 g/mol. The molecule has 1 aliphatic rings. The average molecular weight is 276 g/mol. The summed E-state index contributed by atoms with van der Waals surface area (Å²) in [6.07, 6.45) is 4.79. The Balaban J connectivity index is 2.05. The van der Waals surface area contributed by atoms with Crippen molar-refractivity contribution in [2.24, 2.45) is 5.73 Å². The number of nitrogens with one attached hydrogen (secondary N) is 1. The molecule has 1 amide bonds. The van der Waals surface area contributed by atoms with E-state index in [4.69, 9.17) is 5.73 Å². The van der Waals surface area contributed by atoms with Crippen LogP contribution in [0, 0.1) is 0 Å².